The molecular weight excluding hydrogens is 328 g/mol. The molecule has 9 heteroatoms. The van der Waals surface area contributed by atoms with Gasteiger partial charge in [0.05, 0.1) is 12.0 Å². The smallest absolute Gasteiger partial charge is 0.322 e. The topological polar surface area (TPSA) is 120 Å². The first-order valence-electron chi connectivity index (χ1n) is 7.10. The summed E-state index contributed by atoms with van der Waals surface area (Å²) in [7, 11) is 1.56. The fourth-order valence-corrected chi connectivity index (χ4v) is 2.03. The Kier molecular flexibility index (Phi) is 4.38. The second-order valence-corrected chi connectivity index (χ2v) is 4.90. The van der Waals surface area contributed by atoms with Gasteiger partial charge < -0.3 is 9.15 Å². The van der Waals surface area contributed by atoms with Crippen molar-refractivity contribution in [1.82, 2.24) is 10.2 Å². The van der Waals surface area contributed by atoms with E-state index in [1.54, 1.807) is 31.4 Å². The number of nitrogens with one attached hydrogen (secondary N) is 1. The highest BCUT2D eigenvalue weighted by atomic mass is 16.6. The van der Waals surface area contributed by atoms with Gasteiger partial charge in [0, 0.05) is 23.3 Å². The fourth-order valence-electron chi connectivity index (χ4n) is 2.03. The average molecular weight is 340 g/mol. The van der Waals surface area contributed by atoms with Crippen LogP contribution in [0.2, 0.25) is 0 Å². The summed E-state index contributed by atoms with van der Waals surface area (Å²) in [5, 5.41) is 20.7. The van der Waals surface area contributed by atoms with Gasteiger partial charge in [-0.3, -0.25) is 20.2 Å². The van der Waals surface area contributed by atoms with Crippen LogP contribution >= 0.6 is 0 Å². The zero-order chi connectivity index (χ0) is 17.8. The van der Waals surface area contributed by atoms with Gasteiger partial charge in [-0.1, -0.05) is 5.10 Å². The number of hydrogen-bond acceptors (Lipinski definition) is 7. The summed E-state index contributed by atoms with van der Waals surface area (Å²) in [6.07, 6.45) is 0. The molecule has 1 N–H and O–H groups in total. The Morgan fingerprint density at radius 1 is 1.12 bits per heavy atom. The third-order valence-corrected chi connectivity index (χ3v) is 3.32. The Balaban J connectivity index is 1.71. The number of nitrogens with zero attached hydrogens (tertiary/aromatic N) is 3. The van der Waals surface area contributed by atoms with Crippen LogP contribution in [0.3, 0.4) is 0 Å². The maximum atomic E-state index is 12.1. The molecule has 0 unspecified atom stereocenters. The number of carbonyl (C=O) groups excluding carboxylic acids is 1. The highest BCUT2D eigenvalue weighted by Crippen LogP contribution is 2.22. The lowest BCUT2D eigenvalue weighted by atomic mass is 10.2. The molecule has 0 spiro atoms. The van der Waals surface area contributed by atoms with Crippen molar-refractivity contribution in [3.63, 3.8) is 0 Å². The summed E-state index contributed by atoms with van der Waals surface area (Å²) in [6, 6.07) is 12.1. The van der Waals surface area contributed by atoms with Crippen molar-refractivity contribution >= 4 is 17.6 Å². The lowest BCUT2D eigenvalue weighted by Crippen LogP contribution is -2.12. The van der Waals surface area contributed by atoms with Crippen LogP contribution in [0.4, 0.5) is 11.7 Å². The van der Waals surface area contributed by atoms with Crippen molar-refractivity contribution in [2.24, 2.45) is 0 Å². The van der Waals surface area contributed by atoms with E-state index in [9.17, 15) is 14.9 Å². The van der Waals surface area contributed by atoms with Crippen LogP contribution in [-0.4, -0.2) is 28.1 Å². The van der Waals surface area contributed by atoms with Crippen LogP contribution in [0.1, 0.15) is 10.4 Å². The van der Waals surface area contributed by atoms with E-state index >= 15 is 0 Å². The number of benzene rings is 2. The van der Waals surface area contributed by atoms with Crippen molar-refractivity contribution in [3.8, 4) is 17.2 Å². The van der Waals surface area contributed by atoms with Gasteiger partial charge in [0.15, 0.2) is 0 Å². The average Bonchev–Trinajstić information content (AvgIpc) is 3.10. The summed E-state index contributed by atoms with van der Waals surface area (Å²) in [5.41, 5.74) is 0.801. The van der Waals surface area contributed by atoms with Gasteiger partial charge in [-0.05, 0) is 36.4 Å². The first-order valence-corrected chi connectivity index (χ1v) is 7.10. The summed E-state index contributed by atoms with van der Waals surface area (Å²) >= 11 is 0. The fraction of sp³-hybridized carbons (Fsp3) is 0.0625. The van der Waals surface area contributed by atoms with Crippen LogP contribution in [-0.2, 0) is 0 Å². The van der Waals surface area contributed by atoms with Gasteiger partial charge in [-0.15, -0.1) is 5.10 Å². The van der Waals surface area contributed by atoms with Crippen molar-refractivity contribution in [2.75, 3.05) is 12.4 Å². The van der Waals surface area contributed by atoms with Gasteiger partial charge in [-0.2, -0.15) is 0 Å². The summed E-state index contributed by atoms with van der Waals surface area (Å²) in [6.45, 7) is 0. The minimum atomic E-state index is -0.541. The monoisotopic (exact) mass is 340 g/mol. The normalized spacial score (nSPS) is 10.3. The summed E-state index contributed by atoms with van der Waals surface area (Å²) in [5.74, 6) is 0.413. The molecule has 0 saturated carbocycles. The number of rotatable bonds is 5. The largest absolute Gasteiger partial charge is 0.497 e. The minimum absolute atomic E-state index is 0.0748. The van der Waals surface area contributed by atoms with Gasteiger partial charge in [0.25, 0.3) is 11.6 Å². The minimum Gasteiger partial charge on any atom is -0.497 e. The zero-order valence-electron chi connectivity index (χ0n) is 13.0. The highest BCUT2D eigenvalue weighted by Gasteiger charge is 2.14. The third-order valence-electron chi connectivity index (χ3n) is 3.32. The predicted molar refractivity (Wildman–Crippen MR) is 87.3 cm³/mol. The number of ether oxygens (including phenoxy) is 1. The number of anilines is 1. The lowest BCUT2D eigenvalue weighted by molar-refractivity contribution is -0.384. The predicted octanol–water partition coefficient (Wildman–Crippen LogP) is 2.91. The van der Waals surface area contributed by atoms with Gasteiger partial charge in [-0.25, -0.2) is 0 Å². The Morgan fingerprint density at radius 3 is 2.40 bits per heavy atom. The molecule has 1 aromatic heterocycles. The number of aromatic nitrogens is 2. The molecule has 126 valence electrons. The second-order valence-electron chi connectivity index (χ2n) is 4.90. The molecule has 0 aliphatic carbocycles. The first-order chi connectivity index (χ1) is 12.1. The Hall–Kier alpha value is -3.75. The van der Waals surface area contributed by atoms with E-state index < -0.39 is 10.8 Å². The molecule has 0 atom stereocenters. The first kappa shape index (κ1) is 16.1. The Labute approximate surface area is 141 Å². The number of carbonyl (C=O) groups is 1. The van der Waals surface area contributed by atoms with E-state index in [1.807, 2.05) is 0 Å². The quantitative estimate of drug-likeness (QED) is 0.560. The van der Waals surface area contributed by atoms with Crippen molar-refractivity contribution in [1.29, 1.82) is 0 Å². The van der Waals surface area contributed by atoms with E-state index in [0.717, 1.165) is 0 Å². The Morgan fingerprint density at radius 2 is 1.80 bits per heavy atom. The maximum Gasteiger partial charge on any atom is 0.322 e. The van der Waals surface area contributed by atoms with Crippen LogP contribution in [0.25, 0.3) is 11.5 Å². The van der Waals surface area contributed by atoms with Crippen molar-refractivity contribution < 1.29 is 18.9 Å². The molecule has 3 rings (SSSR count). The zero-order valence-corrected chi connectivity index (χ0v) is 13.0. The molecule has 0 bridgehead atoms. The van der Waals surface area contributed by atoms with Crippen LogP contribution in [0.5, 0.6) is 5.75 Å². The second kappa shape index (κ2) is 6.79. The van der Waals surface area contributed by atoms with Gasteiger partial charge in [0.1, 0.15) is 5.75 Å². The van der Waals surface area contributed by atoms with E-state index in [4.69, 9.17) is 9.15 Å². The molecule has 1 amide bonds. The van der Waals surface area contributed by atoms with E-state index in [2.05, 4.69) is 15.5 Å². The molecule has 0 fully saturated rings. The molecule has 0 aliphatic heterocycles. The Bertz CT molecular complexity index is 903. The standard InChI is InChI=1S/C16H12N4O5/c1-24-13-8-4-11(5-9-13)15-18-19-16(25-15)17-14(21)10-2-6-12(7-3-10)20(22)23/h2-9H,1H3,(H,17,19,21). The van der Waals surface area contributed by atoms with Crippen molar-refractivity contribution in [3.05, 3.63) is 64.2 Å². The van der Waals surface area contributed by atoms with E-state index in [1.165, 1.54) is 24.3 Å². The third kappa shape index (κ3) is 3.61. The number of nitro groups is 1. The molecule has 3 aromatic rings. The summed E-state index contributed by atoms with van der Waals surface area (Å²) in [4.78, 5) is 22.2. The van der Waals surface area contributed by atoms with Crippen LogP contribution < -0.4 is 10.1 Å². The number of amides is 1. The summed E-state index contributed by atoms with van der Waals surface area (Å²) < 4.78 is 10.5. The highest BCUT2D eigenvalue weighted by molar-refractivity contribution is 6.03. The number of non-ortho nitro benzene ring substituents is 1. The number of methoxy groups -OCH3 is 1. The number of nitro benzene ring substituents is 1. The van der Waals surface area contributed by atoms with Crippen molar-refractivity contribution in [2.45, 2.75) is 0 Å². The molecule has 1 heterocycles. The molecule has 25 heavy (non-hydrogen) atoms. The number of hydrogen-bond donors (Lipinski definition) is 1. The SMILES string of the molecule is COc1ccc(-c2nnc(NC(=O)c3ccc([N+](=O)[O-])cc3)o2)cc1. The van der Waals surface area contributed by atoms with Gasteiger partial charge in [0.2, 0.25) is 5.89 Å². The maximum absolute atomic E-state index is 12.1. The molecule has 9 nitrogen and oxygen atoms in total. The van der Waals surface area contributed by atoms with Crippen LogP contribution in [0, 0.1) is 10.1 Å². The molecule has 0 aliphatic rings. The molecular formula is C16H12N4O5. The molecule has 0 radical (unpaired) electrons. The van der Waals surface area contributed by atoms with E-state index in [0.29, 0.717) is 11.3 Å². The molecule has 2 aromatic carbocycles. The van der Waals surface area contributed by atoms with Gasteiger partial charge >= 0.3 is 6.01 Å². The lowest BCUT2D eigenvalue weighted by Gasteiger charge is -2.00. The van der Waals surface area contributed by atoms with E-state index in [-0.39, 0.29) is 23.2 Å². The molecule has 0 saturated heterocycles. The van der Waals surface area contributed by atoms with Crippen LogP contribution in [0.15, 0.2) is 52.9 Å².